The summed E-state index contributed by atoms with van der Waals surface area (Å²) < 4.78 is 7.35. The van der Waals surface area contributed by atoms with Gasteiger partial charge < -0.3 is 14.2 Å². The molecule has 0 N–H and O–H groups in total. The topological polar surface area (TPSA) is 47.4 Å². The Hall–Kier alpha value is -1.53. The molecule has 2 rings (SSSR count). The summed E-state index contributed by atoms with van der Waals surface area (Å²) in [5.41, 5.74) is 2.10. The number of thioether (sulfide) groups is 1. The number of carbonyl (C=O) groups is 1. The van der Waals surface area contributed by atoms with Crippen molar-refractivity contribution < 1.29 is 9.53 Å². The van der Waals surface area contributed by atoms with Gasteiger partial charge in [-0.25, -0.2) is 4.98 Å². The molecule has 0 fully saturated rings. The molecular formula is C19H29N3O2S. The highest BCUT2D eigenvalue weighted by Gasteiger charge is 2.21. The van der Waals surface area contributed by atoms with Crippen LogP contribution in [0.15, 0.2) is 29.4 Å². The van der Waals surface area contributed by atoms with Crippen LogP contribution < -0.4 is 0 Å². The van der Waals surface area contributed by atoms with Gasteiger partial charge in [-0.05, 0) is 31.9 Å². The van der Waals surface area contributed by atoms with Gasteiger partial charge in [-0.2, -0.15) is 0 Å². The Balaban J connectivity index is 2.11. The SMILES string of the molecule is CCC(CC)N(CCOC)C(=O)CSc1nc2ccccc2n1CC. The summed E-state index contributed by atoms with van der Waals surface area (Å²) >= 11 is 1.53. The van der Waals surface area contributed by atoms with E-state index in [9.17, 15) is 4.79 Å². The molecule has 1 aromatic heterocycles. The average Bonchev–Trinajstić information content (AvgIpc) is 3.00. The minimum atomic E-state index is 0.158. The van der Waals surface area contributed by atoms with Crippen molar-refractivity contribution in [1.29, 1.82) is 0 Å². The Bertz CT molecular complexity index is 682. The molecule has 1 amide bonds. The van der Waals surface area contributed by atoms with E-state index >= 15 is 0 Å². The maximum Gasteiger partial charge on any atom is 0.233 e. The van der Waals surface area contributed by atoms with Gasteiger partial charge in [0.15, 0.2) is 5.16 Å². The van der Waals surface area contributed by atoms with Gasteiger partial charge in [0.25, 0.3) is 0 Å². The maximum absolute atomic E-state index is 12.8. The number of aryl methyl sites for hydroxylation is 1. The van der Waals surface area contributed by atoms with E-state index < -0.39 is 0 Å². The van der Waals surface area contributed by atoms with Crippen LogP contribution in [0.3, 0.4) is 0 Å². The molecule has 0 radical (unpaired) electrons. The molecule has 0 saturated heterocycles. The third-order valence-electron chi connectivity index (χ3n) is 4.50. The normalized spacial score (nSPS) is 11.4. The Morgan fingerprint density at radius 3 is 2.64 bits per heavy atom. The number of fused-ring (bicyclic) bond motifs is 1. The summed E-state index contributed by atoms with van der Waals surface area (Å²) in [6.07, 6.45) is 1.92. The van der Waals surface area contributed by atoms with Crippen molar-refractivity contribution in [2.45, 2.75) is 51.4 Å². The molecular weight excluding hydrogens is 334 g/mol. The number of para-hydroxylation sites is 2. The Labute approximate surface area is 154 Å². The molecule has 0 spiro atoms. The third kappa shape index (κ3) is 4.76. The second-order valence-corrected chi connectivity index (χ2v) is 6.91. The lowest BCUT2D eigenvalue weighted by Gasteiger charge is -2.30. The van der Waals surface area contributed by atoms with Crippen LogP contribution in [0.4, 0.5) is 0 Å². The molecule has 0 aliphatic rings. The second kappa shape index (κ2) is 9.82. The highest BCUT2D eigenvalue weighted by Crippen LogP contribution is 2.24. The van der Waals surface area contributed by atoms with Gasteiger partial charge in [-0.3, -0.25) is 4.79 Å². The number of amides is 1. The zero-order valence-electron chi connectivity index (χ0n) is 15.7. The summed E-state index contributed by atoms with van der Waals surface area (Å²) in [7, 11) is 1.67. The molecule has 0 saturated carbocycles. The Morgan fingerprint density at radius 2 is 2.00 bits per heavy atom. The van der Waals surface area contributed by atoms with Crippen LogP contribution in [0.1, 0.15) is 33.6 Å². The summed E-state index contributed by atoms with van der Waals surface area (Å²) in [5, 5.41) is 0.910. The number of carbonyl (C=O) groups excluding carboxylic acids is 1. The molecule has 0 atom stereocenters. The van der Waals surface area contributed by atoms with E-state index in [4.69, 9.17) is 9.72 Å². The lowest BCUT2D eigenvalue weighted by atomic mass is 10.1. The van der Waals surface area contributed by atoms with Crippen molar-refractivity contribution in [1.82, 2.24) is 14.5 Å². The van der Waals surface area contributed by atoms with Crippen molar-refractivity contribution in [2.24, 2.45) is 0 Å². The number of ether oxygens (including phenoxy) is 1. The van der Waals surface area contributed by atoms with Crippen LogP contribution in [0, 0.1) is 0 Å². The smallest absolute Gasteiger partial charge is 0.233 e. The van der Waals surface area contributed by atoms with E-state index in [1.807, 2.05) is 23.1 Å². The van der Waals surface area contributed by atoms with Crippen molar-refractivity contribution >= 4 is 28.7 Å². The number of hydrogen-bond acceptors (Lipinski definition) is 4. The average molecular weight is 364 g/mol. The number of nitrogens with zero attached hydrogens (tertiary/aromatic N) is 3. The van der Waals surface area contributed by atoms with E-state index in [-0.39, 0.29) is 11.9 Å². The number of benzene rings is 1. The minimum absolute atomic E-state index is 0.158. The van der Waals surface area contributed by atoms with Gasteiger partial charge in [0, 0.05) is 26.2 Å². The van der Waals surface area contributed by atoms with E-state index in [0.29, 0.717) is 18.9 Å². The van der Waals surface area contributed by atoms with Gasteiger partial charge in [0.1, 0.15) is 0 Å². The van der Waals surface area contributed by atoms with Crippen molar-refractivity contribution in [3.63, 3.8) is 0 Å². The highest BCUT2D eigenvalue weighted by molar-refractivity contribution is 7.99. The van der Waals surface area contributed by atoms with Gasteiger partial charge in [0.05, 0.1) is 23.4 Å². The van der Waals surface area contributed by atoms with Crippen LogP contribution in [0.5, 0.6) is 0 Å². The Morgan fingerprint density at radius 1 is 1.28 bits per heavy atom. The quantitative estimate of drug-likeness (QED) is 0.602. The maximum atomic E-state index is 12.8. The number of methoxy groups -OCH3 is 1. The van der Waals surface area contributed by atoms with Crippen molar-refractivity contribution in [2.75, 3.05) is 26.0 Å². The largest absolute Gasteiger partial charge is 0.383 e. The summed E-state index contributed by atoms with van der Waals surface area (Å²) in [4.78, 5) is 19.5. The zero-order chi connectivity index (χ0) is 18.2. The number of rotatable bonds is 10. The molecule has 2 aromatic rings. The van der Waals surface area contributed by atoms with E-state index in [1.54, 1.807) is 7.11 Å². The number of imidazole rings is 1. The lowest BCUT2D eigenvalue weighted by molar-refractivity contribution is -0.131. The molecule has 138 valence electrons. The summed E-state index contributed by atoms with van der Waals surface area (Å²) in [5.74, 6) is 0.564. The van der Waals surface area contributed by atoms with Crippen LogP contribution in [0.25, 0.3) is 11.0 Å². The molecule has 1 heterocycles. The molecule has 1 aromatic carbocycles. The van der Waals surface area contributed by atoms with Gasteiger partial charge in [-0.1, -0.05) is 37.7 Å². The fraction of sp³-hybridized carbons (Fsp3) is 0.579. The van der Waals surface area contributed by atoms with Gasteiger partial charge in [0.2, 0.25) is 5.91 Å². The second-order valence-electron chi connectivity index (χ2n) is 5.97. The third-order valence-corrected chi connectivity index (χ3v) is 5.46. The van der Waals surface area contributed by atoms with Crippen LogP contribution >= 0.6 is 11.8 Å². The molecule has 6 heteroatoms. The molecule has 0 unspecified atom stereocenters. The first kappa shape index (κ1) is 19.8. The van der Waals surface area contributed by atoms with Gasteiger partial charge in [-0.15, -0.1) is 0 Å². The fourth-order valence-corrected chi connectivity index (χ4v) is 4.07. The minimum Gasteiger partial charge on any atom is -0.383 e. The number of aromatic nitrogens is 2. The van der Waals surface area contributed by atoms with Crippen LogP contribution in [-0.2, 0) is 16.1 Å². The van der Waals surface area contributed by atoms with Gasteiger partial charge >= 0.3 is 0 Å². The first-order valence-electron chi connectivity index (χ1n) is 9.02. The monoisotopic (exact) mass is 363 g/mol. The van der Waals surface area contributed by atoms with E-state index in [1.165, 1.54) is 11.8 Å². The number of hydrogen-bond donors (Lipinski definition) is 0. The molecule has 25 heavy (non-hydrogen) atoms. The molecule has 0 aliphatic carbocycles. The summed E-state index contributed by atoms with van der Waals surface area (Å²) in [6, 6.07) is 8.38. The van der Waals surface area contributed by atoms with E-state index in [0.717, 1.165) is 35.6 Å². The lowest BCUT2D eigenvalue weighted by Crippen LogP contribution is -2.42. The van der Waals surface area contributed by atoms with Crippen LogP contribution in [-0.4, -0.2) is 52.4 Å². The molecule has 0 bridgehead atoms. The predicted octanol–water partition coefficient (Wildman–Crippen LogP) is 3.81. The first-order chi connectivity index (χ1) is 12.2. The van der Waals surface area contributed by atoms with Crippen molar-refractivity contribution in [3.8, 4) is 0 Å². The standard InChI is InChI=1S/C19H29N3O2S/c1-5-15(6-2)22(12-13-24-4)18(23)14-25-19-20-16-10-8-9-11-17(16)21(19)7-3/h8-11,15H,5-7,12-14H2,1-4H3. The van der Waals surface area contributed by atoms with E-state index in [2.05, 4.69) is 31.4 Å². The summed E-state index contributed by atoms with van der Waals surface area (Å²) in [6.45, 7) is 8.43. The Kier molecular flexibility index (Phi) is 7.78. The molecule has 5 nitrogen and oxygen atoms in total. The fourth-order valence-electron chi connectivity index (χ4n) is 3.11. The highest BCUT2D eigenvalue weighted by atomic mass is 32.2. The van der Waals surface area contributed by atoms with Crippen LogP contribution in [0.2, 0.25) is 0 Å². The van der Waals surface area contributed by atoms with Crippen molar-refractivity contribution in [3.05, 3.63) is 24.3 Å². The first-order valence-corrected chi connectivity index (χ1v) is 10.0. The zero-order valence-corrected chi connectivity index (χ0v) is 16.5. The predicted molar refractivity (Wildman–Crippen MR) is 104 cm³/mol. The molecule has 0 aliphatic heterocycles.